The quantitative estimate of drug-likeness (QED) is 0.518. The van der Waals surface area contributed by atoms with Gasteiger partial charge in [-0.15, -0.1) is 0 Å². The molecule has 0 unspecified atom stereocenters. The summed E-state index contributed by atoms with van der Waals surface area (Å²) in [6, 6.07) is 15.2. The van der Waals surface area contributed by atoms with Crippen LogP contribution in [0.25, 0.3) is 0 Å². The molecule has 3 aromatic carbocycles. The lowest BCUT2D eigenvalue weighted by atomic mass is 10.1. The number of hydrogen-bond donors (Lipinski definition) is 3. The first-order valence-corrected chi connectivity index (χ1v) is 10.8. The maximum Gasteiger partial charge on any atom is 0.261 e. The highest BCUT2D eigenvalue weighted by Crippen LogP contribution is 2.22. The molecule has 7 nitrogen and oxygen atoms in total. The molecule has 31 heavy (non-hydrogen) atoms. The topological polar surface area (TPSA) is 104 Å². The second-order valence-electron chi connectivity index (χ2n) is 6.37. The van der Waals surface area contributed by atoms with Gasteiger partial charge in [-0.05, 0) is 66.7 Å². The van der Waals surface area contributed by atoms with Crippen molar-refractivity contribution in [2.24, 2.45) is 0 Å². The summed E-state index contributed by atoms with van der Waals surface area (Å²) >= 11 is 5.64. The number of benzene rings is 3. The summed E-state index contributed by atoms with van der Waals surface area (Å²) in [7, 11) is -2.46. The number of carbonyl (C=O) groups is 2. The largest absolute Gasteiger partial charge is 0.355 e. The molecule has 3 aromatic rings. The Labute approximate surface area is 183 Å². The second-order valence-corrected chi connectivity index (χ2v) is 8.46. The number of amides is 2. The minimum absolute atomic E-state index is 0.194. The van der Waals surface area contributed by atoms with Gasteiger partial charge < -0.3 is 10.6 Å². The van der Waals surface area contributed by atoms with Gasteiger partial charge in [-0.1, -0.05) is 11.6 Å². The number of nitrogens with one attached hydrogen (secondary N) is 3. The number of hydrogen-bond acceptors (Lipinski definition) is 4. The lowest BCUT2D eigenvalue weighted by Gasteiger charge is -2.10. The molecule has 0 aliphatic carbocycles. The van der Waals surface area contributed by atoms with E-state index in [1.165, 1.54) is 31.3 Å². The van der Waals surface area contributed by atoms with E-state index in [0.717, 1.165) is 18.2 Å². The Morgan fingerprint density at radius 2 is 1.39 bits per heavy atom. The van der Waals surface area contributed by atoms with Crippen molar-refractivity contribution < 1.29 is 22.4 Å². The fourth-order valence-electron chi connectivity index (χ4n) is 2.60. The van der Waals surface area contributed by atoms with Gasteiger partial charge in [0.2, 0.25) is 0 Å². The predicted molar refractivity (Wildman–Crippen MR) is 116 cm³/mol. The zero-order chi connectivity index (χ0) is 22.6. The average Bonchev–Trinajstić information content (AvgIpc) is 2.75. The van der Waals surface area contributed by atoms with E-state index in [4.69, 9.17) is 11.6 Å². The lowest BCUT2D eigenvalue weighted by Crippen LogP contribution is -2.18. The van der Waals surface area contributed by atoms with Crippen LogP contribution in [0.2, 0.25) is 5.02 Å². The highest BCUT2D eigenvalue weighted by Gasteiger charge is 2.16. The summed E-state index contributed by atoms with van der Waals surface area (Å²) < 4.78 is 40.4. The number of anilines is 2. The predicted octanol–water partition coefficient (Wildman–Crippen LogP) is 3.89. The zero-order valence-corrected chi connectivity index (χ0v) is 17.7. The van der Waals surface area contributed by atoms with Crippen molar-refractivity contribution in [3.63, 3.8) is 0 Å². The van der Waals surface area contributed by atoms with Crippen LogP contribution in [0.15, 0.2) is 71.6 Å². The molecule has 3 rings (SSSR count). The van der Waals surface area contributed by atoms with Gasteiger partial charge in [-0.3, -0.25) is 14.3 Å². The average molecular weight is 462 g/mol. The van der Waals surface area contributed by atoms with E-state index >= 15 is 0 Å². The first-order chi connectivity index (χ1) is 14.7. The zero-order valence-electron chi connectivity index (χ0n) is 16.1. The number of rotatable bonds is 6. The van der Waals surface area contributed by atoms with Gasteiger partial charge in [0.05, 0.1) is 9.92 Å². The molecule has 0 radical (unpaired) electrons. The van der Waals surface area contributed by atoms with Gasteiger partial charge in [0, 0.05) is 29.5 Å². The molecule has 160 valence electrons. The van der Waals surface area contributed by atoms with Gasteiger partial charge in [0.15, 0.2) is 0 Å². The van der Waals surface area contributed by atoms with Gasteiger partial charge in [0.25, 0.3) is 21.8 Å². The minimum Gasteiger partial charge on any atom is -0.355 e. The molecular formula is C21H17ClFN3O4S. The van der Waals surface area contributed by atoms with Crippen LogP contribution in [0.4, 0.5) is 15.8 Å². The van der Waals surface area contributed by atoms with Crippen LogP contribution in [-0.2, 0) is 10.0 Å². The van der Waals surface area contributed by atoms with Gasteiger partial charge in [0.1, 0.15) is 5.82 Å². The van der Waals surface area contributed by atoms with E-state index in [1.54, 1.807) is 24.3 Å². The Hall–Kier alpha value is -3.43. The molecule has 0 spiro atoms. The standard InChI is InChI=1S/C21H17ClFN3O4S/c1-24-20(27)13-2-6-15(7-3-13)25-21(28)14-4-8-16(9-5-14)26-31(29,30)17-10-11-19(23)18(22)12-17/h2-12,26H,1H3,(H,24,27)(H,25,28). The Bertz CT molecular complexity index is 1230. The van der Waals surface area contributed by atoms with Crippen LogP contribution in [0.1, 0.15) is 20.7 Å². The molecule has 0 atom stereocenters. The van der Waals surface area contributed by atoms with Crippen LogP contribution in [0, 0.1) is 5.82 Å². The molecule has 0 saturated heterocycles. The van der Waals surface area contributed by atoms with Crippen molar-refractivity contribution in [2.45, 2.75) is 4.90 Å². The van der Waals surface area contributed by atoms with E-state index in [-0.39, 0.29) is 21.5 Å². The molecule has 2 amide bonds. The normalized spacial score (nSPS) is 10.9. The van der Waals surface area contributed by atoms with Crippen LogP contribution in [0.5, 0.6) is 0 Å². The minimum atomic E-state index is -3.98. The monoisotopic (exact) mass is 461 g/mol. The molecule has 0 saturated carbocycles. The van der Waals surface area contributed by atoms with E-state index in [0.29, 0.717) is 16.8 Å². The van der Waals surface area contributed by atoms with E-state index < -0.39 is 21.7 Å². The van der Waals surface area contributed by atoms with Crippen molar-refractivity contribution in [1.29, 1.82) is 0 Å². The Morgan fingerprint density at radius 1 is 0.839 bits per heavy atom. The highest BCUT2D eigenvalue weighted by molar-refractivity contribution is 7.92. The summed E-state index contributed by atoms with van der Waals surface area (Å²) in [5.41, 5.74) is 1.46. The fourth-order valence-corrected chi connectivity index (χ4v) is 3.93. The third kappa shape index (κ3) is 5.39. The smallest absolute Gasteiger partial charge is 0.261 e. The maximum absolute atomic E-state index is 13.3. The Morgan fingerprint density at radius 3 is 1.94 bits per heavy atom. The van der Waals surface area contributed by atoms with Gasteiger partial charge in [-0.2, -0.15) is 0 Å². The van der Waals surface area contributed by atoms with Crippen molar-refractivity contribution in [1.82, 2.24) is 5.32 Å². The highest BCUT2D eigenvalue weighted by atomic mass is 35.5. The van der Waals surface area contributed by atoms with Crippen molar-refractivity contribution >= 4 is 44.8 Å². The molecule has 0 bridgehead atoms. The molecular weight excluding hydrogens is 445 g/mol. The third-order valence-electron chi connectivity index (χ3n) is 4.23. The van der Waals surface area contributed by atoms with Gasteiger partial charge >= 0.3 is 0 Å². The number of halogens is 2. The third-order valence-corrected chi connectivity index (χ3v) is 5.90. The summed E-state index contributed by atoms with van der Waals surface area (Å²) in [5.74, 6) is -1.37. The Kier molecular flexibility index (Phi) is 6.57. The van der Waals surface area contributed by atoms with Crippen molar-refractivity contribution in [2.75, 3.05) is 17.1 Å². The molecule has 0 heterocycles. The van der Waals surface area contributed by atoms with E-state index in [1.807, 2.05) is 0 Å². The molecule has 0 aliphatic heterocycles. The van der Waals surface area contributed by atoms with E-state index in [2.05, 4.69) is 15.4 Å². The summed E-state index contributed by atoms with van der Waals surface area (Å²) in [6.45, 7) is 0. The number of sulfonamides is 1. The van der Waals surface area contributed by atoms with Crippen molar-refractivity contribution in [3.05, 3.63) is 88.7 Å². The lowest BCUT2D eigenvalue weighted by molar-refractivity contribution is 0.0962. The van der Waals surface area contributed by atoms with Crippen LogP contribution >= 0.6 is 11.6 Å². The van der Waals surface area contributed by atoms with Crippen LogP contribution < -0.4 is 15.4 Å². The second kappa shape index (κ2) is 9.15. The summed E-state index contributed by atoms with van der Waals surface area (Å²) in [5, 5.41) is 4.89. The van der Waals surface area contributed by atoms with Crippen LogP contribution in [0.3, 0.4) is 0 Å². The molecule has 10 heteroatoms. The maximum atomic E-state index is 13.3. The fraction of sp³-hybridized carbons (Fsp3) is 0.0476. The number of carbonyl (C=O) groups excluding carboxylic acids is 2. The molecule has 0 aliphatic rings. The van der Waals surface area contributed by atoms with Gasteiger partial charge in [-0.25, -0.2) is 12.8 Å². The molecule has 3 N–H and O–H groups in total. The summed E-state index contributed by atoms with van der Waals surface area (Å²) in [6.07, 6.45) is 0. The first kappa shape index (κ1) is 22.3. The Balaban J connectivity index is 1.68. The molecule has 0 aromatic heterocycles. The van der Waals surface area contributed by atoms with E-state index in [9.17, 15) is 22.4 Å². The SMILES string of the molecule is CNC(=O)c1ccc(NC(=O)c2ccc(NS(=O)(=O)c3ccc(F)c(Cl)c3)cc2)cc1. The van der Waals surface area contributed by atoms with Crippen LogP contribution in [-0.4, -0.2) is 27.3 Å². The molecule has 0 fully saturated rings. The first-order valence-electron chi connectivity index (χ1n) is 8.91. The van der Waals surface area contributed by atoms with Crippen molar-refractivity contribution in [3.8, 4) is 0 Å². The summed E-state index contributed by atoms with van der Waals surface area (Å²) in [4.78, 5) is 23.8.